The SMILES string of the molecule is COC(=O)/C=C/C(=O)C(=O)N1CCNCC1. The van der Waals surface area contributed by atoms with E-state index in [0.717, 1.165) is 12.2 Å². The zero-order chi connectivity index (χ0) is 12.0. The molecule has 0 bridgehead atoms. The zero-order valence-corrected chi connectivity index (χ0v) is 9.06. The third-order valence-corrected chi connectivity index (χ3v) is 2.19. The number of nitrogens with zero attached hydrogens (tertiary/aromatic N) is 1. The van der Waals surface area contributed by atoms with E-state index < -0.39 is 17.7 Å². The normalized spacial score (nSPS) is 16.2. The number of amides is 1. The fourth-order valence-corrected chi connectivity index (χ4v) is 1.31. The Hall–Kier alpha value is -1.69. The van der Waals surface area contributed by atoms with Gasteiger partial charge in [0.1, 0.15) is 0 Å². The molecule has 6 nitrogen and oxygen atoms in total. The molecule has 1 amide bonds. The van der Waals surface area contributed by atoms with Crippen LogP contribution >= 0.6 is 0 Å². The number of methoxy groups -OCH3 is 1. The van der Waals surface area contributed by atoms with Crippen LogP contribution in [0, 0.1) is 0 Å². The van der Waals surface area contributed by atoms with Gasteiger partial charge in [-0.15, -0.1) is 0 Å². The summed E-state index contributed by atoms with van der Waals surface area (Å²) in [6.07, 6.45) is 1.89. The molecule has 1 N–H and O–H groups in total. The topological polar surface area (TPSA) is 75.7 Å². The maximum Gasteiger partial charge on any atom is 0.330 e. The number of ketones is 1. The quantitative estimate of drug-likeness (QED) is 0.368. The lowest BCUT2D eigenvalue weighted by Gasteiger charge is -2.26. The number of nitrogens with one attached hydrogen (secondary N) is 1. The van der Waals surface area contributed by atoms with Gasteiger partial charge in [-0.3, -0.25) is 9.59 Å². The van der Waals surface area contributed by atoms with Gasteiger partial charge in [-0.2, -0.15) is 0 Å². The van der Waals surface area contributed by atoms with Gasteiger partial charge in [0.15, 0.2) is 0 Å². The van der Waals surface area contributed by atoms with Gasteiger partial charge in [0.2, 0.25) is 5.78 Å². The van der Waals surface area contributed by atoms with Crippen LogP contribution in [0.15, 0.2) is 12.2 Å². The standard InChI is InChI=1S/C10H14N2O4/c1-16-9(14)3-2-8(13)10(15)12-6-4-11-5-7-12/h2-3,11H,4-7H2,1H3/b3-2+. The number of hydrogen-bond donors (Lipinski definition) is 1. The van der Waals surface area contributed by atoms with Crippen molar-refractivity contribution in [1.29, 1.82) is 0 Å². The highest BCUT2D eigenvalue weighted by atomic mass is 16.5. The predicted molar refractivity (Wildman–Crippen MR) is 55.6 cm³/mol. The second kappa shape index (κ2) is 6.02. The first-order valence-corrected chi connectivity index (χ1v) is 4.95. The molecule has 1 saturated heterocycles. The van der Waals surface area contributed by atoms with E-state index in [9.17, 15) is 14.4 Å². The minimum absolute atomic E-state index is 0.511. The second-order valence-electron chi connectivity index (χ2n) is 3.26. The van der Waals surface area contributed by atoms with Crippen LogP contribution in [-0.4, -0.2) is 55.8 Å². The number of carbonyl (C=O) groups is 3. The summed E-state index contributed by atoms with van der Waals surface area (Å²) in [5.74, 6) is -1.93. The molecule has 0 atom stereocenters. The van der Waals surface area contributed by atoms with Crippen molar-refractivity contribution in [1.82, 2.24) is 10.2 Å². The van der Waals surface area contributed by atoms with E-state index in [1.54, 1.807) is 0 Å². The summed E-state index contributed by atoms with van der Waals surface area (Å²) in [5.41, 5.74) is 0. The molecule has 16 heavy (non-hydrogen) atoms. The Kier molecular flexibility index (Phi) is 4.65. The Labute approximate surface area is 93.2 Å². The molecule has 0 aromatic carbocycles. The van der Waals surface area contributed by atoms with Crippen molar-refractivity contribution >= 4 is 17.7 Å². The van der Waals surface area contributed by atoms with Crippen LogP contribution in [0.25, 0.3) is 0 Å². The molecule has 1 aliphatic rings. The minimum atomic E-state index is -0.702. The molecule has 88 valence electrons. The Morgan fingerprint density at radius 2 is 1.81 bits per heavy atom. The Morgan fingerprint density at radius 3 is 2.38 bits per heavy atom. The first-order valence-electron chi connectivity index (χ1n) is 4.95. The molecule has 0 spiro atoms. The molecule has 0 aliphatic carbocycles. The predicted octanol–water partition coefficient (Wildman–Crippen LogP) is -1.28. The molecule has 0 radical (unpaired) electrons. The molecule has 1 aliphatic heterocycles. The summed E-state index contributed by atoms with van der Waals surface area (Å²) in [6, 6.07) is 0. The van der Waals surface area contributed by atoms with Gasteiger partial charge in [0, 0.05) is 32.3 Å². The van der Waals surface area contributed by atoms with Crippen molar-refractivity contribution in [3.63, 3.8) is 0 Å². The Balaban J connectivity index is 2.49. The van der Waals surface area contributed by atoms with Crippen molar-refractivity contribution in [2.45, 2.75) is 0 Å². The lowest BCUT2D eigenvalue weighted by molar-refractivity contribution is -0.142. The first-order chi connectivity index (χ1) is 7.65. The lowest BCUT2D eigenvalue weighted by Crippen LogP contribution is -2.48. The fourth-order valence-electron chi connectivity index (χ4n) is 1.31. The third-order valence-electron chi connectivity index (χ3n) is 2.19. The molecule has 1 fully saturated rings. The van der Waals surface area contributed by atoms with Gasteiger partial charge in [-0.05, 0) is 6.08 Å². The highest BCUT2D eigenvalue weighted by molar-refractivity contribution is 6.40. The van der Waals surface area contributed by atoms with E-state index in [2.05, 4.69) is 10.1 Å². The van der Waals surface area contributed by atoms with Crippen LogP contribution in [0.4, 0.5) is 0 Å². The fraction of sp³-hybridized carbons (Fsp3) is 0.500. The summed E-state index contributed by atoms with van der Waals surface area (Å²) in [6.45, 7) is 2.38. The van der Waals surface area contributed by atoms with Crippen LogP contribution in [0.5, 0.6) is 0 Å². The van der Waals surface area contributed by atoms with Gasteiger partial charge < -0.3 is 15.0 Å². The molecular weight excluding hydrogens is 212 g/mol. The summed E-state index contributed by atoms with van der Waals surface area (Å²) in [4.78, 5) is 35.1. The number of esters is 1. The summed E-state index contributed by atoms with van der Waals surface area (Å²) in [7, 11) is 1.20. The molecule has 0 aromatic heterocycles. The maximum atomic E-state index is 11.5. The van der Waals surface area contributed by atoms with E-state index >= 15 is 0 Å². The highest BCUT2D eigenvalue weighted by Crippen LogP contribution is 1.95. The van der Waals surface area contributed by atoms with Crippen LogP contribution in [0.3, 0.4) is 0 Å². The number of carbonyl (C=O) groups excluding carboxylic acids is 3. The first kappa shape index (κ1) is 12.4. The van der Waals surface area contributed by atoms with Crippen molar-refractivity contribution in [2.24, 2.45) is 0 Å². The van der Waals surface area contributed by atoms with Gasteiger partial charge in [-0.25, -0.2) is 4.79 Å². The molecule has 0 unspecified atom stereocenters. The maximum absolute atomic E-state index is 11.5. The smallest absolute Gasteiger partial charge is 0.330 e. The van der Waals surface area contributed by atoms with E-state index in [1.165, 1.54) is 12.0 Å². The van der Waals surface area contributed by atoms with Crippen LogP contribution in [0.1, 0.15) is 0 Å². The van der Waals surface area contributed by atoms with Crippen LogP contribution in [-0.2, 0) is 19.1 Å². The molecule has 0 saturated carbocycles. The Bertz CT molecular complexity index is 319. The van der Waals surface area contributed by atoms with Gasteiger partial charge in [0.25, 0.3) is 5.91 Å². The average molecular weight is 226 g/mol. The number of hydrogen-bond acceptors (Lipinski definition) is 5. The van der Waals surface area contributed by atoms with Crippen molar-refractivity contribution in [2.75, 3.05) is 33.3 Å². The number of rotatable bonds is 3. The van der Waals surface area contributed by atoms with Gasteiger partial charge >= 0.3 is 5.97 Å². The van der Waals surface area contributed by atoms with E-state index in [-0.39, 0.29) is 0 Å². The van der Waals surface area contributed by atoms with Crippen molar-refractivity contribution in [3.8, 4) is 0 Å². The molecule has 6 heteroatoms. The highest BCUT2D eigenvalue weighted by Gasteiger charge is 2.21. The second-order valence-corrected chi connectivity index (χ2v) is 3.26. The monoisotopic (exact) mass is 226 g/mol. The van der Waals surface area contributed by atoms with Crippen LogP contribution in [0.2, 0.25) is 0 Å². The lowest BCUT2D eigenvalue weighted by atomic mass is 10.2. The molecule has 0 aromatic rings. The third kappa shape index (κ3) is 3.47. The zero-order valence-electron chi connectivity index (χ0n) is 9.06. The Morgan fingerprint density at radius 1 is 1.19 bits per heavy atom. The molecule has 1 rings (SSSR count). The van der Waals surface area contributed by atoms with Crippen LogP contribution < -0.4 is 5.32 Å². The minimum Gasteiger partial charge on any atom is -0.466 e. The van der Waals surface area contributed by atoms with Gasteiger partial charge in [-0.1, -0.05) is 0 Å². The average Bonchev–Trinajstić information content (AvgIpc) is 2.35. The van der Waals surface area contributed by atoms with E-state index in [4.69, 9.17) is 0 Å². The largest absolute Gasteiger partial charge is 0.466 e. The number of ether oxygens (including phenoxy) is 1. The van der Waals surface area contributed by atoms with E-state index in [0.29, 0.717) is 26.2 Å². The molecular formula is C10H14N2O4. The number of piperazine rings is 1. The summed E-state index contributed by atoms with van der Waals surface area (Å²) >= 11 is 0. The van der Waals surface area contributed by atoms with E-state index in [1.807, 2.05) is 0 Å². The van der Waals surface area contributed by atoms with Crippen molar-refractivity contribution in [3.05, 3.63) is 12.2 Å². The molecule has 1 heterocycles. The summed E-state index contributed by atoms with van der Waals surface area (Å²) in [5, 5.41) is 3.07. The van der Waals surface area contributed by atoms with Gasteiger partial charge in [0.05, 0.1) is 7.11 Å². The van der Waals surface area contributed by atoms with Crippen molar-refractivity contribution < 1.29 is 19.1 Å². The summed E-state index contributed by atoms with van der Waals surface area (Å²) < 4.78 is 4.31.